The summed E-state index contributed by atoms with van der Waals surface area (Å²) < 4.78 is 6.66. The molecule has 0 spiro atoms. The van der Waals surface area contributed by atoms with E-state index in [2.05, 4.69) is 223 Å². The Morgan fingerprint density at radius 3 is 1.52 bits per heavy atom. The monoisotopic (exact) mass is 715 g/mol. The van der Waals surface area contributed by atoms with Gasteiger partial charge >= 0.3 is 0 Å². The lowest BCUT2D eigenvalue weighted by atomic mass is 9.97. The first-order valence-electron chi connectivity index (χ1n) is 19.1. The predicted octanol–water partition coefficient (Wildman–Crippen LogP) is 15.4. The summed E-state index contributed by atoms with van der Waals surface area (Å²) in [4.78, 5) is 2.33. The van der Waals surface area contributed by atoms with Crippen molar-refractivity contribution in [3.05, 3.63) is 224 Å². The van der Waals surface area contributed by atoms with E-state index in [1.54, 1.807) is 0 Å². The van der Waals surface area contributed by atoms with Gasteiger partial charge in [-0.3, -0.25) is 0 Å². The molecule has 0 N–H and O–H groups in total. The van der Waals surface area contributed by atoms with Gasteiger partial charge in [-0.25, -0.2) is 0 Å². The number of furan rings is 1. The standard InChI is InChI=1S/C54H37NO/c1-3-13-38(14-4-1)40-27-31-48(32-28-40)55(50-22-12-21-47(37-50)54-53(42-16-5-2-6-17-42)51-23-9-10-24-52(51)56-54)49-33-29-41(30-34-49)44-19-11-20-45(35-44)46-26-25-39-15-7-8-18-43(39)36-46/h1-37H. The lowest BCUT2D eigenvalue weighted by Crippen LogP contribution is -2.10. The molecule has 0 saturated carbocycles. The highest BCUT2D eigenvalue weighted by Crippen LogP contribution is 2.44. The number of nitrogens with zero attached hydrogens (tertiary/aromatic N) is 1. The van der Waals surface area contributed by atoms with Crippen LogP contribution in [0, 0.1) is 0 Å². The number of rotatable bonds is 8. The third-order valence-corrected chi connectivity index (χ3v) is 10.7. The molecule has 0 radical (unpaired) electrons. The minimum atomic E-state index is 0.861. The molecule has 10 rings (SSSR count). The molecule has 0 bridgehead atoms. The molecule has 0 unspecified atom stereocenters. The zero-order valence-corrected chi connectivity index (χ0v) is 30.7. The van der Waals surface area contributed by atoms with Gasteiger partial charge in [0.1, 0.15) is 11.3 Å². The quantitative estimate of drug-likeness (QED) is 0.156. The topological polar surface area (TPSA) is 16.4 Å². The van der Waals surface area contributed by atoms with E-state index in [0.717, 1.165) is 50.5 Å². The van der Waals surface area contributed by atoms with E-state index in [1.165, 1.54) is 44.2 Å². The minimum absolute atomic E-state index is 0.861. The van der Waals surface area contributed by atoms with Gasteiger partial charge in [0, 0.05) is 33.6 Å². The van der Waals surface area contributed by atoms with Crippen LogP contribution in [0.15, 0.2) is 229 Å². The van der Waals surface area contributed by atoms with Gasteiger partial charge in [-0.1, -0.05) is 170 Å². The molecule has 0 amide bonds. The van der Waals surface area contributed by atoms with Crippen LogP contribution in [0.5, 0.6) is 0 Å². The summed E-state index contributed by atoms with van der Waals surface area (Å²) in [5, 5.41) is 3.60. The Hall–Kier alpha value is -7.42. The van der Waals surface area contributed by atoms with Crippen molar-refractivity contribution in [2.75, 3.05) is 4.90 Å². The molecular formula is C54H37NO. The van der Waals surface area contributed by atoms with Crippen molar-refractivity contribution >= 4 is 38.8 Å². The highest BCUT2D eigenvalue weighted by molar-refractivity contribution is 6.02. The van der Waals surface area contributed by atoms with Gasteiger partial charge in [-0.05, 0) is 104 Å². The van der Waals surface area contributed by atoms with Gasteiger partial charge in [0.05, 0.1) is 0 Å². The second kappa shape index (κ2) is 14.4. The Labute approximate surface area is 327 Å². The van der Waals surface area contributed by atoms with E-state index in [4.69, 9.17) is 4.42 Å². The fourth-order valence-electron chi connectivity index (χ4n) is 7.86. The van der Waals surface area contributed by atoms with Crippen LogP contribution in [0.3, 0.4) is 0 Å². The highest BCUT2D eigenvalue weighted by Gasteiger charge is 2.20. The van der Waals surface area contributed by atoms with Crippen molar-refractivity contribution in [1.82, 2.24) is 0 Å². The predicted molar refractivity (Wildman–Crippen MR) is 236 cm³/mol. The smallest absolute Gasteiger partial charge is 0.143 e. The molecule has 264 valence electrons. The Morgan fingerprint density at radius 1 is 0.286 bits per heavy atom. The first kappa shape index (κ1) is 33.2. The molecule has 2 heteroatoms. The van der Waals surface area contributed by atoms with Crippen LogP contribution < -0.4 is 4.90 Å². The number of para-hydroxylation sites is 1. The van der Waals surface area contributed by atoms with E-state index in [-0.39, 0.29) is 0 Å². The number of fused-ring (bicyclic) bond motifs is 2. The van der Waals surface area contributed by atoms with Crippen molar-refractivity contribution in [3.63, 3.8) is 0 Å². The number of benzene rings is 9. The maximum atomic E-state index is 6.66. The fraction of sp³-hybridized carbons (Fsp3) is 0. The maximum absolute atomic E-state index is 6.66. The Bertz CT molecular complexity index is 2940. The lowest BCUT2D eigenvalue weighted by Gasteiger charge is -2.26. The van der Waals surface area contributed by atoms with Gasteiger partial charge in [-0.15, -0.1) is 0 Å². The van der Waals surface area contributed by atoms with Gasteiger partial charge in [0.2, 0.25) is 0 Å². The number of anilines is 3. The fourth-order valence-corrected chi connectivity index (χ4v) is 7.86. The normalized spacial score (nSPS) is 11.2. The van der Waals surface area contributed by atoms with Gasteiger partial charge in [-0.2, -0.15) is 0 Å². The summed E-state index contributed by atoms with van der Waals surface area (Å²) in [6.07, 6.45) is 0. The van der Waals surface area contributed by atoms with Gasteiger partial charge in [0.25, 0.3) is 0 Å². The zero-order valence-electron chi connectivity index (χ0n) is 30.7. The largest absolute Gasteiger partial charge is 0.455 e. The molecule has 9 aromatic carbocycles. The molecule has 10 aromatic rings. The maximum Gasteiger partial charge on any atom is 0.143 e. The van der Waals surface area contributed by atoms with Crippen LogP contribution >= 0.6 is 0 Å². The third-order valence-electron chi connectivity index (χ3n) is 10.7. The van der Waals surface area contributed by atoms with E-state index in [0.29, 0.717) is 0 Å². The molecular weight excluding hydrogens is 679 g/mol. The summed E-state index contributed by atoms with van der Waals surface area (Å²) in [6.45, 7) is 0. The molecule has 0 atom stereocenters. The second-order valence-electron chi connectivity index (χ2n) is 14.2. The van der Waals surface area contributed by atoms with Gasteiger partial charge < -0.3 is 9.32 Å². The minimum Gasteiger partial charge on any atom is -0.455 e. The molecule has 0 saturated heterocycles. The number of hydrogen-bond acceptors (Lipinski definition) is 2. The summed E-state index contributed by atoms with van der Waals surface area (Å²) in [5.74, 6) is 0.861. The highest BCUT2D eigenvalue weighted by atomic mass is 16.3. The molecule has 56 heavy (non-hydrogen) atoms. The van der Waals surface area contributed by atoms with Crippen LogP contribution in [-0.4, -0.2) is 0 Å². The first-order chi connectivity index (χ1) is 27.7. The molecule has 2 nitrogen and oxygen atoms in total. The van der Waals surface area contributed by atoms with Crippen LogP contribution in [0.25, 0.3) is 77.6 Å². The average molecular weight is 716 g/mol. The van der Waals surface area contributed by atoms with E-state index in [9.17, 15) is 0 Å². The van der Waals surface area contributed by atoms with Crippen molar-refractivity contribution in [3.8, 4) is 55.8 Å². The molecule has 1 heterocycles. The third kappa shape index (κ3) is 6.34. The zero-order chi connectivity index (χ0) is 37.3. The van der Waals surface area contributed by atoms with Crippen molar-refractivity contribution in [2.45, 2.75) is 0 Å². The summed E-state index contributed by atoms with van der Waals surface area (Å²) >= 11 is 0. The first-order valence-corrected chi connectivity index (χ1v) is 19.1. The Morgan fingerprint density at radius 2 is 0.786 bits per heavy atom. The molecule has 0 aliphatic carbocycles. The van der Waals surface area contributed by atoms with E-state index in [1.807, 2.05) is 6.07 Å². The molecule has 0 aliphatic rings. The Kier molecular flexibility index (Phi) is 8.55. The van der Waals surface area contributed by atoms with Crippen LogP contribution in [0.1, 0.15) is 0 Å². The SMILES string of the molecule is c1ccc(-c2ccc(N(c3ccc(-c4cccc(-c5ccc6ccccc6c5)c4)cc3)c3cccc(-c4oc5ccccc5c4-c4ccccc4)c3)cc2)cc1. The average Bonchev–Trinajstić information content (AvgIpc) is 3.68. The van der Waals surface area contributed by atoms with E-state index < -0.39 is 0 Å². The molecule has 1 aromatic heterocycles. The van der Waals surface area contributed by atoms with Crippen LogP contribution in [0.4, 0.5) is 17.1 Å². The van der Waals surface area contributed by atoms with Crippen molar-refractivity contribution in [1.29, 1.82) is 0 Å². The lowest BCUT2D eigenvalue weighted by molar-refractivity contribution is 0.632. The van der Waals surface area contributed by atoms with Crippen LogP contribution in [0.2, 0.25) is 0 Å². The number of hydrogen-bond donors (Lipinski definition) is 0. The van der Waals surface area contributed by atoms with E-state index >= 15 is 0 Å². The summed E-state index contributed by atoms with van der Waals surface area (Å²) in [5.41, 5.74) is 14.5. The second-order valence-corrected chi connectivity index (χ2v) is 14.2. The van der Waals surface area contributed by atoms with Crippen LogP contribution in [-0.2, 0) is 0 Å². The molecule has 0 aliphatic heterocycles. The molecule has 0 fully saturated rings. The van der Waals surface area contributed by atoms with Crippen molar-refractivity contribution < 1.29 is 4.42 Å². The summed E-state index contributed by atoms with van der Waals surface area (Å²) in [7, 11) is 0. The van der Waals surface area contributed by atoms with Gasteiger partial charge in [0.15, 0.2) is 0 Å². The summed E-state index contributed by atoms with van der Waals surface area (Å²) in [6, 6.07) is 79.9. The van der Waals surface area contributed by atoms with Crippen molar-refractivity contribution in [2.24, 2.45) is 0 Å². The Balaban J connectivity index is 1.05.